The molecule has 3 atom stereocenters. The Morgan fingerprint density at radius 1 is 1.27 bits per heavy atom. The lowest BCUT2D eigenvalue weighted by Gasteiger charge is -2.27. The highest BCUT2D eigenvalue weighted by Crippen LogP contribution is 2.40. The van der Waals surface area contributed by atoms with Crippen LogP contribution < -0.4 is 4.72 Å². The Bertz CT molecular complexity index is 1070. The normalized spacial score (nSPS) is 27.3. The first-order chi connectivity index (χ1) is 12.5. The van der Waals surface area contributed by atoms with Gasteiger partial charge in [0.2, 0.25) is 10.0 Å². The predicted molar refractivity (Wildman–Crippen MR) is 97.3 cm³/mol. The molecule has 2 N–H and O–H groups in total. The highest BCUT2D eigenvalue weighted by atomic mass is 32.2. The van der Waals surface area contributed by atoms with Gasteiger partial charge in [-0.25, -0.2) is 18.1 Å². The van der Waals surface area contributed by atoms with Crippen molar-refractivity contribution in [3.05, 3.63) is 24.3 Å². The highest BCUT2D eigenvalue weighted by Gasteiger charge is 2.39. The van der Waals surface area contributed by atoms with E-state index in [1.165, 1.54) is 0 Å². The van der Waals surface area contributed by atoms with Crippen LogP contribution in [0.5, 0.6) is 0 Å². The Morgan fingerprint density at radius 2 is 2.12 bits per heavy atom. The first kappa shape index (κ1) is 16.2. The van der Waals surface area contributed by atoms with Crippen molar-refractivity contribution in [2.45, 2.75) is 56.2 Å². The fourth-order valence-corrected chi connectivity index (χ4v) is 6.16. The van der Waals surface area contributed by atoms with Crippen LogP contribution in [0.2, 0.25) is 0 Å². The van der Waals surface area contributed by atoms with Gasteiger partial charge in [0.05, 0.1) is 17.0 Å². The number of aromatic nitrogens is 5. The molecule has 0 aliphatic heterocycles. The lowest BCUT2D eigenvalue weighted by molar-refractivity contribution is 0.458. The molecule has 3 aromatic heterocycles. The number of fused-ring (bicyclic) bond motifs is 3. The molecule has 3 unspecified atom stereocenters. The molecule has 0 spiro atoms. The first-order valence-electron chi connectivity index (χ1n) is 9.21. The standard InChI is InChI=1S/C17H22N6O2S/c1-10-7-11(22-26(24,25)12-3-2-4-12)8-13(10)17-21-20-15-9-19-16-14(23(15)17)5-6-18-16/h5-6,9-13,18,22H,2-4,7-8H2,1H3. The summed E-state index contributed by atoms with van der Waals surface area (Å²) in [6, 6.07) is 1.94. The molecule has 26 heavy (non-hydrogen) atoms. The van der Waals surface area contributed by atoms with E-state index in [9.17, 15) is 8.42 Å². The third-order valence-corrected chi connectivity index (χ3v) is 8.01. The third-order valence-electron chi connectivity index (χ3n) is 6.00. The van der Waals surface area contributed by atoms with Crippen LogP contribution in [-0.4, -0.2) is 44.3 Å². The highest BCUT2D eigenvalue weighted by molar-refractivity contribution is 7.90. The Morgan fingerprint density at radius 3 is 2.88 bits per heavy atom. The van der Waals surface area contributed by atoms with E-state index in [4.69, 9.17) is 0 Å². The summed E-state index contributed by atoms with van der Waals surface area (Å²) >= 11 is 0. The summed E-state index contributed by atoms with van der Waals surface area (Å²) in [6.07, 6.45) is 7.74. The van der Waals surface area contributed by atoms with Crippen LogP contribution in [0.1, 0.15) is 50.8 Å². The lowest BCUT2D eigenvalue weighted by Crippen LogP contribution is -2.42. The summed E-state index contributed by atoms with van der Waals surface area (Å²) in [5.41, 5.74) is 2.47. The molecule has 0 bridgehead atoms. The molecule has 3 heterocycles. The van der Waals surface area contributed by atoms with Crippen LogP contribution in [0, 0.1) is 5.92 Å². The van der Waals surface area contributed by atoms with Gasteiger partial charge in [-0.15, -0.1) is 10.2 Å². The largest absolute Gasteiger partial charge is 0.345 e. The molecule has 0 saturated heterocycles. The molecule has 2 saturated carbocycles. The van der Waals surface area contributed by atoms with E-state index in [-0.39, 0.29) is 17.2 Å². The number of nitrogens with zero attached hydrogens (tertiary/aromatic N) is 4. The molecule has 3 aromatic rings. The summed E-state index contributed by atoms with van der Waals surface area (Å²) in [7, 11) is -3.20. The van der Waals surface area contributed by atoms with E-state index >= 15 is 0 Å². The van der Waals surface area contributed by atoms with E-state index < -0.39 is 10.0 Å². The topological polar surface area (TPSA) is 105 Å². The van der Waals surface area contributed by atoms with Crippen molar-refractivity contribution in [3.8, 4) is 0 Å². The van der Waals surface area contributed by atoms with Crippen LogP contribution in [0.25, 0.3) is 16.8 Å². The van der Waals surface area contributed by atoms with E-state index in [1.807, 2.05) is 16.7 Å². The van der Waals surface area contributed by atoms with E-state index in [2.05, 4.69) is 31.8 Å². The van der Waals surface area contributed by atoms with Gasteiger partial charge >= 0.3 is 0 Å². The molecular weight excluding hydrogens is 352 g/mol. The van der Waals surface area contributed by atoms with Crippen molar-refractivity contribution in [2.24, 2.45) is 5.92 Å². The molecule has 2 aliphatic carbocycles. The van der Waals surface area contributed by atoms with Crippen LogP contribution in [0.15, 0.2) is 18.5 Å². The van der Waals surface area contributed by atoms with E-state index in [0.717, 1.165) is 54.7 Å². The summed E-state index contributed by atoms with van der Waals surface area (Å²) < 4.78 is 29.9. The van der Waals surface area contributed by atoms with Gasteiger partial charge < -0.3 is 4.98 Å². The van der Waals surface area contributed by atoms with Crippen LogP contribution >= 0.6 is 0 Å². The quantitative estimate of drug-likeness (QED) is 0.726. The summed E-state index contributed by atoms with van der Waals surface area (Å²) in [5.74, 6) is 1.39. The maximum Gasteiger partial charge on any atom is 0.214 e. The maximum atomic E-state index is 12.5. The Balaban J connectivity index is 1.45. The average Bonchev–Trinajstić information content (AvgIpc) is 3.21. The number of hydrogen-bond acceptors (Lipinski definition) is 5. The van der Waals surface area contributed by atoms with Crippen LogP contribution in [-0.2, 0) is 10.0 Å². The van der Waals surface area contributed by atoms with E-state index in [1.54, 1.807) is 6.20 Å². The number of rotatable bonds is 4. The maximum absolute atomic E-state index is 12.5. The van der Waals surface area contributed by atoms with Crippen molar-refractivity contribution >= 4 is 26.8 Å². The third kappa shape index (κ3) is 2.44. The van der Waals surface area contributed by atoms with E-state index in [0.29, 0.717) is 5.92 Å². The molecule has 0 radical (unpaired) electrons. The second kappa shape index (κ2) is 5.75. The lowest BCUT2D eigenvalue weighted by atomic mass is 9.97. The molecule has 2 aliphatic rings. The monoisotopic (exact) mass is 374 g/mol. The van der Waals surface area contributed by atoms with Gasteiger partial charge in [0.15, 0.2) is 11.3 Å². The Kier molecular flexibility index (Phi) is 3.58. The minimum absolute atomic E-state index is 0.0310. The Labute approximate surface area is 151 Å². The van der Waals surface area contributed by atoms with Crippen molar-refractivity contribution < 1.29 is 8.42 Å². The molecule has 5 rings (SSSR count). The molecule has 2 fully saturated rings. The second-order valence-corrected chi connectivity index (χ2v) is 9.68. The minimum Gasteiger partial charge on any atom is -0.345 e. The van der Waals surface area contributed by atoms with Gasteiger partial charge in [-0.3, -0.25) is 4.40 Å². The second-order valence-electron chi connectivity index (χ2n) is 7.69. The number of hydrogen-bond donors (Lipinski definition) is 2. The van der Waals surface area contributed by atoms with Crippen LogP contribution in [0.3, 0.4) is 0 Å². The van der Waals surface area contributed by atoms with Gasteiger partial charge in [0.1, 0.15) is 5.82 Å². The molecule has 8 nitrogen and oxygen atoms in total. The molecule has 0 amide bonds. The SMILES string of the molecule is CC1CC(NS(=O)(=O)C2CCC2)CC1c1nnc2cnc3[nH]ccc3n12. The Hall–Kier alpha value is -2.00. The number of aromatic amines is 1. The number of nitrogens with one attached hydrogen (secondary N) is 2. The number of sulfonamides is 1. The van der Waals surface area contributed by atoms with Gasteiger partial charge in [-0.05, 0) is 37.7 Å². The summed E-state index contributed by atoms with van der Waals surface area (Å²) in [4.78, 5) is 7.47. The van der Waals surface area contributed by atoms with Gasteiger partial charge in [0, 0.05) is 18.2 Å². The summed E-state index contributed by atoms with van der Waals surface area (Å²) in [6.45, 7) is 2.17. The smallest absolute Gasteiger partial charge is 0.214 e. The predicted octanol–water partition coefficient (Wildman–Crippen LogP) is 1.96. The fourth-order valence-electron chi connectivity index (χ4n) is 4.35. The zero-order valence-electron chi connectivity index (χ0n) is 14.6. The van der Waals surface area contributed by atoms with Gasteiger partial charge in [-0.2, -0.15) is 0 Å². The zero-order valence-corrected chi connectivity index (χ0v) is 15.4. The summed E-state index contributed by atoms with van der Waals surface area (Å²) in [5, 5.41) is 8.51. The molecule has 0 aromatic carbocycles. The van der Waals surface area contributed by atoms with Crippen molar-refractivity contribution in [1.29, 1.82) is 0 Å². The van der Waals surface area contributed by atoms with Crippen molar-refractivity contribution in [1.82, 2.24) is 29.3 Å². The van der Waals surface area contributed by atoms with Crippen molar-refractivity contribution in [3.63, 3.8) is 0 Å². The average molecular weight is 374 g/mol. The van der Waals surface area contributed by atoms with Crippen molar-refractivity contribution in [2.75, 3.05) is 0 Å². The van der Waals surface area contributed by atoms with Crippen LogP contribution in [0.4, 0.5) is 0 Å². The van der Waals surface area contributed by atoms with Gasteiger partial charge in [0.25, 0.3) is 0 Å². The minimum atomic E-state index is -3.20. The number of H-pyrrole nitrogens is 1. The zero-order chi connectivity index (χ0) is 17.9. The molecular formula is C17H22N6O2S. The first-order valence-corrected chi connectivity index (χ1v) is 10.8. The van der Waals surface area contributed by atoms with Gasteiger partial charge in [-0.1, -0.05) is 13.3 Å². The fraction of sp³-hybridized carbons (Fsp3) is 0.588. The molecule has 9 heteroatoms. The molecule has 138 valence electrons.